The minimum absolute atomic E-state index is 0.343. The number of benzene rings is 3. The number of halogens is 2. The average Bonchev–Trinajstić information content (AvgIpc) is 3.18. The van der Waals surface area contributed by atoms with Crippen molar-refractivity contribution in [2.24, 2.45) is 0 Å². The first-order chi connectivity index (χ1) is 16.4. The van der Waals surface area contributed by atoms with E-state index < -0.39 is 12.0 Å². The van der Waals surface area contributed by atoms with Crippen molar-refractivity contribution in [2.75, 3.05) is 5.32 Å². The molecule has 2 atom stereocenters. The van der Waals surface area contributed by atoms with E-state index in [-0.39, 0.29) is 11.8 Å². The normalized spacial score (nSPS) is 17.1. The largest absolute Gasteiger partial charge is 0.339 e. The van der Waals surface area contributed by atoms with E-state index in [0.717, 1.165) is 22.5 Å². The van der Waals surface area contributed by atoms with Crippen LogP contribution in [0.25, 0.3) is 5.69 Å². The van der Waals surface area contributed by atoms with Crippen LogP contribution in [-0.2, 0) is 4.79 Å². The van der Waals surface area contributed by atoms with Gasteiger partial charge in [0.25, 0.3) is 5.91 Å². The van der Waals surface area contributed by atoms with Crippen LogP contribution in [0.4, 0.5) is 5.82 Å². The third-order valence-corrected chi connectivity index (χ3v) is 6.64. The number of nitrogens with one attached hydrogen (secondary N) is 2. The first-order valence-electron chi connectivity index (χ1n) is 10.7. The summed E-state index contributed by atoms with van der Waals surface area (Å²) < 4.78 is 1.71. The van der Waals surface area contributed by atoms with E-state index in [1.54, 1.807) is 41.1 Å². The van der Waals surface area contributed by atoms with Gasteiger partial charge in [0.05, 0.1) is 21.4 Å². The molecule has 0 fully saturated rings. The fraction of sp³-hybridized carbons (Fsp3) is 0.115. The molecule has 2 amide bonds. The fourth-order valence-electron chi connectivity index (χ4n) is 4.33. The highest BCUT2D eigenvalue weighted by atomic mass is 35.5. The second-order valence-electron chi connectivity index (χ2n) is 8.05. The number of carbonyl (C=O) groups is 2. The Morgan fingerprint density at radius 3 is 2.32 bits per heavy atom. The van der Waals surface area contributed by atoms with Gasteiger partial charge in [-0.2, -0.15) is 5.10 Å². The molecular formula is C26H20Cl2N4O2. The first kappa shape index (κ1) is 22.2. The van der Waals surface area contributed by atoms with Gasteiger partial charge in [-0.15, -0.1) is 0 Å². The number of aryl methyl sites for hydroxylation is 1. The highest BCUT2D eigenvalue weighted by molar-refractivity contribution is 6.42. The summed E-state index contributed by atoms with van der Waals surface area (Å²) in [5.74, 6) is -0.647. The van der Waals surface area contributed by atoms with E-state index in [1.807, 2.05) is 49.4 Å². The van der Waals surface area contributed by atoms with Gasteiger partial charge < -0.3 is 10.6 Å². The van der Waals surface area contributed by atoms with Crippen molar-refractivity contribution in [3.63, 3.8) is 0 Å². The predicted molar refractivity (Wildman–Crippen MR) is 133 cm³/mol. The lowest BCUT2D eigenvalue weighted by Crippen LogP contribution is -2.50. The van der Waals surface area contributed by atoms with Gasteiger partial charge in [-0.05, 0) is 48.9 Å². The highest BCUT2D eigenvalue weighted by Crippen LogP contribution is 2.41. The molecule has 3 aromatic carbocycles. The molecule has 1 aliphatic rings. The van der Waals surface area contributed by atoms with E-state index in [4.69, 9.17) is 28.3 Å². The molecule has 170 valence electrons. The van der Waals surface area contributed by atoms with Crippen molar-refractivity contribution < 1.29 is 9.59 Å². The molecule has 5 rings (SSSR count). The lowest BCUT2D eigenvalue weighted by atomic mass is 9.82. The summed E-state index contributed by atoms with van der Waals surface area (Å²) >= 11 is 12.5. The summed E-state index contributed by atoms with van der Waals surface area (Å²) in [6, 6.07) is 22.7. The van der Waals surface area contributed by atoms with Gasteiger partial charge in [-0.25, -0.2) is 4.68 Å². The number of hydrogen-bond acceptors (Lipinski definition) is 3. The minimum Gasteiger partial charge on any atom is -0.339 e. The number of nitrogens with zero attached hydrogens (tertiary/aromatic N) is 2. The Morgan fingerprint density at radius 1 is 0.971 bits per heavy atom. The van der Waals surface area contributed by atoms with Crippen LogP contribution in [0.15, 0.2) is 78.9 Å². The molecule has 2 N–H and O–H groups in total. The van der Waals surface area contributed by atoms with Crippen LogP contribution in [0.1, 0.15) is 33.1 Å². The van der Waals surface area contributed by atoms with Gasteiger partial charge in [-0.1, -0.05) is 65.7 Å². The second kappa shape index (κ2) is 8.97. The van der Waals surface area contributed by atoms with Crippen LogP contribution < -0.4 is 10.6 Å². The van der Waals surface area contributed by atoms with Crippen LogP contribution in [0.3, 0.4) is 0 Å². The number of para-hydroxylation sites is 1. The van der Waals surface area contributed by atoms with Crippen molar-refractivity contribution in [2.45, 2.75) is 18.9 Å². The Hall–Kier alpha value is -3.61. The van der Waals surface area contributed by atoms with E-state index in [2.05, 4.69) is 10.6 Å². The summed E-state index contributed by atoms with van der Waals surface area (Å²) in [5.41, 5.74) is 3.56. The van der Waals surface area contributed by atoms with Crippen LogP contribution in [0.5, 0.6) is 0 Å². The van der Waals surface area contributed by atoms with E-state index >= 15 is 0 Å². The molecule has 1 aliphatic heterocycles. The van der Waals surface area contributed by atoms with Crippen molar-refractivity contribution in [1.29, 1.82) is 0 Å². The number of amides is 2. The SMILES string of the molecule is Cc1nn(-c2ccccc2)c2c1C(c1ccc(Cl)c(Cl)c1)C(NC(=O)c1ccccc1)C(=O)N2. The minimum atomic E-state index is -0.885. The van der Waals surface area contributed by atoms with E-state index in [0.29, 0.717) is 21.4 Å². The van der Waals surface area contributed by atoms with Gasteiger partial charge in [0.2, 0.25) is 5.91 Å². The van der Waals surface area contributed by atoms with Gasteiger partial charge in [-0.3, -0.25) is 9.59 Å². The summed E-state index contributed by atoms with van der Waals surface area (Å²) in [6.07, 6.45) is 0. The smallest absolute Gasteiger partial charge is 0.251 e. The molecule has 0 saturated heterocycles. The highest BCUT2D eigenvalue weighted by Gasteiger charge is 2.42. The van der Waals surface area contributed by atoms with Crippen LogP contribution in [0.2, 0.25) is 10.0 Å². The molecule has 4 aromatic rings. The quantitative estimate of drug-likeness (QED) is 0.403. The Balaban J connectivity index is 1.65. The lowest BCUT2D eigenvalue weighted by molar-refractivity contribution is -0.118. The van der Waals surface area contributed by atoms with Crippen LogP contribution >= 0.6 is 23.2 Å². The first-order valence-corrected chi connectivity index (χ1v) is 11.5. The summed E-state index contributed by atoms with van der Waals surface area (Å²) in [4.78, 5) is 26.4. The standard InChI is InChI=1S/C26H20Cl2N4O2/c1-15-21-22(17-12-13-19(27)20(28)14-17)23(29-25(33)16-8-4-2-5-9-16)26(34)30-24(21)32(31-15)18-10-6-3-7-11-18/h2-14,22-23H,1H3,(H,29,33)(H,30,34). The molecule has 1 aromatic heterocycles. The number of fused-ring (bicyclic) bond motifs is 1. The Morgan fingerprint density at radius 2 is 1.65 bits per heavy atom. The Kier molecular flexibility index (Phi) is 5.86. The Labute approximate surface area is 206 Å². The van der Waals surface area contributed by atoms with Gasteiger partial charge in [0.15, 0.2) is 0 Å². The number of carbonyl (C=O) groups excluding carboxylic acids is 2. The molecule has 2 heterocycles. The summed E-state index contributed by atoms with van der Waals surface area (Å²) in [7, 11) is 0. The zero-order valence-electron chi connectivity index (χ0n) is 18.1. The maximum atomic E-state index is 13.4. The molecule has 6 nitrogen and oxygen atoms in total. The van der Waals surface area contributed by atoms with Crippen LogP contribution in [0, 0.1) is 6.92 Å². The van der Waals surface area contributed by atoms with Crippen molar-refractivity contribution in [3.05, 3.63) is 111 Å². The van der Waals surface area contributed by atoms with Crippen LogP contribution in [-0.4, -0.2) is 27.6 Å². The number of rotatable bonds is 4. The molecule has 8 heteroatoms. The third-order valence-electron chi connectivity index (χ3n) is 5.90. The molecule has 2 unspecified atom stereocenters. The topological polar surface area (TPSA) is 76.0 Å². The maximum absolute atomic E-state index is 13.4. The second-order valence-corrected chi connectivity index (χ2v) is 8.87. The molecule has 0 aliphatic carbocycles. The molecule has 0 spiro atoms. The van der Waals surface area contributed by atoms with Gasteiger partial charge >= 0.3 is 0 Å². The van der Waals surface area contributed by atoms with Crippen molar-refractivity contribution in [3.8, 4) is 5.69 Å². The zero-order chi connectivity index (χ0) is 23.8. The maximum Gasteiger partial charge on any atom is 0.251 e. The van der Waals surface area contributed by atoms with Gasteiger partial charge in [0, 0.05) is 17.0 Å². The molecule has 0 bridgehead atoms. The number of anilines is 1. The molecule has 34 heavy (non-hydrogen) atoms. The van der Waals surface area contributed by atoms with E-state index in [9.17, 15) is 9.59 Å². The van der Waals surface area contributed by atoms with Crippen molar-refractivity contribution >= 4 is 40.8 Å². The molecular weight excluding hydrogens is 471 g/mol. The predicted octanol–water partition coefficient (Wildman–Crippen LogP) is 5.37. The zero-order valence-corrected chi connectivity index (χ0v) is 19.6. The number of hydrogen-bond donors (Lipinski definition) is 2. The molecule has 0 saturated carbocycles. The lowest BCUT2D eigenvalue weighted by Gasteiger charge is -2.33. The summed E-state index contributed by atoms with van der Waals surface area (Å²) in [5, 5.41) is 11.4. The summed E-state index contributed by atoms with van der Waals surface area (Å²) in [6.45, 7) is 1.89. The van der Waals surface area contributed by atoms with Crippen molar-refractivity contribution in [1.82, 2.24) is 15.1 Å². The monoisotopic (exact) mass is 490 g/mol. The third kappa shape index (κ3) is 3.95. The number of aromatic nitrogens is 2. The van der Waals surface area contributed by atoms with Gasteiger partial charge in [0.1, 0.15) is 11.9 Å². The molecule has 0 radical (unpaired) electrons. The Bertz CT molecular complexity index is 1390. The van der Waals surface area contributed by atoms with E-state index in [1.165, 1.54) is 0 Å². The fourth-order valence-corrected chi connectivity index (χ4v) is 4.63. The average molecular weight is 491 g/mol.